The van der Waals surface area contributed by atoms with Crippen molar-refractivity contribution in [3.63, 3.8) is 0 Å². The standard InChI is InChI=1S/C18H26N2O3/c1-3-4-12-23-15(2)18(22)20-10-8-19(9-11-20)14-16-6-5-7-17(21)13-16/h3,5-7,13,15,21H,1,4,8-12,14H2,2H3. The molecule has 1 aliphatic heterocycles. The van der Waals surface area contributed by atoms with E-state index < -0.39 is 6.10 Å². The van der Waals surface area contributed by atoms with E-state index in [1.54, 1.807) is 18.2 Å². The number of carbonyl (C=O) groups is 1. The van der Waals surface area contributed by atoms with Crippen LogP contribution in [0.1, 0.15) is 18.9 Å². The molecule has 1 aromatic carbocycles. The van der Waals surface area contributed by atoms with Gasteiger partial charge in [0.05, 0.1) is 6.61 Å². The highest BCUT2D eigenvalue weighted by molar-refractivity contribution is 5.80. The van der Waals surface area contributed by atoms with Crippen LogP contribution in [0.25, 0.3) is 0 Å². The molecule has 1 unspecified atom stereocenters. The van der Waals surface area contributed by atoms with Gasteiger partial charge in [0.1, 0.15) is 11.9 Å². The molecule has 1 saturated heterocycles. The topological polar surface area (TPSA) is 53.0 Å². The molecule has 1 atom stereocenters. The first kappa shape index (κ1) is 17.5. The Morgan fingerprint density at radius 1 is 1.39 bits per heavy atom. The van der Waals surface area contributed by atoms with E-state index in [1.807, 2.05) is 24.0 Å². The minimum atomic E-state index is -0.396. The maximum atomic E-state index is 12.3. The van der Waals surface area contributed by atoms with Crippen LogP contribution in [0.3, 0.4) is 0 Å². The van der Waals surface area contributed by atoms with Gasteiger partial charge < -0.3 is 14.7 Å². The second-order valence-electron chi connectivity index (χ2n) is 5.86. The van der Waals surface area contributed by atoms with E-state index in [4.69, 9.17) is 4.74 Å². The smallest absolute Gasteiger partial charge is 0.251 e. The number of ether oxygens (including phenoxy) is 1. The van der Waals surface area contributed by atoms with Crippen molar-refractivity contribution in [3.8, 4) is 5.75 Å². The van der Waals surface area contributed by atoms with Gasteiger partial charge in [0, 0.05) is 32.7 Å². The van der Waals surface area contributed by atoms with Gasteiger partial charge >= 0.3 is 0 Å². The van der Waals surface area contributed by atoms with Gasteiger partial charge in [0.15, 0.2) is 0 Å². The van der Waals surface area contributed by atoms with Crippen molar-refractivity contribution >= 4 is 5.91 Å². The predicted octanol–water partition coefficient (Wildman–Crippen LogP) is 2.02. The fraction of sp³-hybridized carbons (Fsp3) is 0.500. The molecule has 1 N–H and O–H groups in total. The molecule has 1 aromatic rings. The van der Waals surface area contributed by atoms with Crippen molar-refractivity contribution in [1.82, 2.24) is 9.80 Å². The van der Waals surface area contributed by atoms with Gasteiger partial charge in [-0.1, -0.05) is 18.2 Å². The molecule has 23 heavy (non-hydrogen) atoms. The third-order valence-corrected chi connectivity index (χ3v) is 4.04. The van der Waals surface area contributed by atoms with Crippen LogP contribution in [0.15, 0.2) is 36.9 Å². The van der Waals surface area contributed by atoms with Crippen LogP contribution in [0, 0.1) is 0 Å². The number of benzene rings is 1. The van der Waals surface area contributed by atoms with Gasteiger partial charge in [-0.15, -0.1) is 6.58 Å². The molecule has 0 aliphatic carbocycles. The first-order valence-corrected chi connectivity index (χ1v) is 8.11. The van der Waals surface area contributed by atoms with E-state index in [9.17, 15) is 9.90 Å². The Morgan fingerprint density at radius 3 is 2.78 bits per heavy atom. The van der Waals surface area contributed by atoms with Crippen molar-refractivity contribution in [2.45, 2.75) is 26.0 Å². The Morgan fingerprint density at radius 2 is 2.13 bits per heavy atom. The quantitative estimate of drug-likeness (QED) is 0.617. The molecule has 1 amide bonds. The Kier molecular flexibility index (Phi) is 6.62. The van der Waals surface area contributed by atoms with Crippen LogP contribution < -0.4 is 0 Å². The van der Waals surface area contributed by atoms with Crippen LogP contribution in [-0.2, 0) is 16.1 Å². The summed E-state index contributed by atoms with van der Waals surface area (Å²) in [5.74, 6) is 0.355. The zero-order valence-corrected chi connectivity index (χ0v) is 13.8. The summed E-state index contributed by atoms with van der Waals surface area (Å²) in [5.41, 5.74) is 1.09. The molecule has 0 radical (unpaired) electrons. The molecule has 126 valence electrons. The summed E-state index contributed by atoms with van der Waals surface area (Å²) in [6.07, 6.45) is 2.15. The summed E-state index contributed by atoms with van der Waals surface area (Å²) in [6, 6.07) is 7.32. The lowest BCUT2D eigenvalue weighted by molar-refractivity contribution is -0.144. The first-order chi connectivity index (χ1) is 11.1. The van der Waals surface area contributed by atoms with Gasteiger partial charge in [0.2, 0.25) is 0 Å². The highest BCUT2D eigenvalue weighted by Gasteiger charge is 2.25. The van der Waals surface area contributed by atoms with Crippen molar-refractivity contribution in [2.24, 2.45) is 0 Å². The molecule has 0 bridgehead atoms. The summed E-state index contributed by atoms with van der Waals surface area (Å²) < 4.78 is 5.53. The second-order valence-corrected chi connectivity index (χ2v) is 5.86. The molecular weight excluding hydrogens is 292 g/mol. The lowest BCUT2D eigenvalue weighted by Crippen LogP contribution is -2.51. The fourth-order valence-electron chi connectivity index (χ4n) is 2.70. The number of phenolic OH excluding ortho intramolecular Hbond substituents is 1. The highest BCUT2D eigenvalue weighted by Crippen LogP contribution is 2.14. The highest BCUT2D eigenvalue weighted by atomic mass is 16.5. The molecule has 0 saturated carbocycles. The molecule has 5 heteroatoms. The minimum absolute atomic E-state index is 0.0612. The maximum Gasteiger partial charge on any atom is 0.251 e. The normalized spacial score (nSPS) is 17.0. The van der Waals surface area contributed by atoms with Gasteiger partial charge in [-0.2, -0.15) is 0 Å². The lowest BCUT2D eigenvalue weighted by Gasteiger charge is -2.35. The number of nitrogens with zero attached hydrogens (tertiary/aromatic N) is 2. The first-order valence-electron chi connectivity index (χ1n) is 8.11. The largest absolute Gasteiger partial charge is 0.508 e. The number of piperazine rings is 1. The van der Waals surface area contributed by atoms with Gasteiger partial charge in [0.25, 0.3) is 5.91 Å². The molecule has 0 aromatic heterocycles. The number of aromatic hydroxyl groups is 1. The number of amides is 1. The lowest BCUT2D eigenvalue weighted by atomic mass is 10.2. The van der Waals surface area contributed by atoms with Gasteiger partial charge in [-0.3, -0.25) is 9.69 Å². The number of hydrogen-bond acceptors (Lipinski definition) is 4. The van der Waals surface area contributed by atoms with Gasteiger partial charge in [-0.25, -0.2) is 0 Å². The molecule has 0 spiro atoms. The van der Waals surface area contributed by atoms with Crippen LogP contribution in [0.5, 0.6) is 5.75 Å². The third kappa shape index (κ3) is 5.37. The average molecular weight is 318 g/mol. The van der Waals surface area contributed by atoms with Crippen molar-refractivity contribution in [3.05, 3.63) is 42.5 Å². The average Bonchev–Trinajstić information content (AvgIpc) is 2.55. The van der Waals surface area contributed by atoms with E-state index in [2.05, 4.69) is 11.5 Å². The summed E-state index contributed by atoms with van der Waals surface area (Å²) >= 11 is 0. The molecule has 2 rings (SSSR count). The zero-order chi connectivity index (χ0) is 16.7. The zero-order valence-electron chi connectivity index (χ0n) is 13.8. The monoisotopic (exact) mass is 318 g/mol. The minimum Gasteiger partial charge on any atom is -0.508 e. The number of hydrogen-bond donors (Lipinski definition) is 1. The molecule has 5 nitrogen and oxygen atoms in total. The van der Waals surface area contributed by atoms with Crippen LogP contribution in [0.2, 0.25) is 0 Å². The molecule has 1 aliphatic rings. The van der Waals surface area contributed by atoms with Crippen LogP contribution in [-0.4, -0.2) is 59.7 Å². The SMILES string of the molecule is C=CCCOC(C)C(=O)N1CCN(Cc2cccc(O)c2)CC1. The summed E-state index contributed by atoms with van der Waals surface area (Å²) in [7, 11) is 0. The maximum absolute atomic E-state index is 12.3. The van der Waals surface area contributed by atoms with Crippen molar-refractivity contribution < 1.29 is 14.6 Å². The van der Waals surface area contributed by atoms with E-state index in [0.717, 1.165) is 31.6 Å². The Balaban J connectivity index is 1.76. The van der Waals surface area contributed by atoms with Crippen molar-refractivity contribution in [2.75, 3.05) is 32.8 Å². The van der Waals surface area contributed by atoms with E-state index in [-0.39, 0.29) is 5.91 Å². The molecular formula is C18H26N2O3. The summed E-state index contributed by atoms with van der Waals surface area (Å²) in [6.45, 7) is 9.88. The molecule has 1 fully saturated rings. The Hall–Kier alpha value is -1.85. The van der Waals surface area contributed by atoms with E-state index in [0.29, 0.717) is 25.4 Å². The Bertz CT molecular complexity index is 525. The van der Waals surface area contributed by atoms with E-state index >= 15 is 0 Å². The van der Waals surface area contributed by atoms with Crippen LogP contribution in [0.4, 0.5) is 0 Å². The fourth-order valence-corrected chi connectivity index (χ4v) is 2.70. The summed E-state index contributed by atoms with van der Waals surface area (Å²) in [5, 5.41) is 9.52. The van der Waals surface area contributed by atoms with Crippen LogP contribution >= 0.6 is 0 Å². The predicted molar refractivity (Wildman–Crippen MR) is 90.2 cm³/mol. The second kappa shape index (κ2) is 8.70. The summed E-state index contributed by atoms with van der Waals surface area (Å²) in [4.78, 5) is 16.5. The Labute approximate surface area is 138 Å². The third-order valence-electron chi connectivity index (χ3n) is 4.04. The van der Waals surface area contributed by atoms with Crippen molar-refractivity contribution in [1.29, 1.82) is 0 Å². The number of phenols is 1. The molecule has 1 heterocycles. The van der Waals surface area contributed by atoms with Gasteiger partial charge in [-0.05, 0) is 31.0 Å². The number of carbonyl (C=O) groups excluding carboxylic acids is 1. The number of rotatable bonds is 7. The van der Waals surface area contributed by atoms with E-state index in [1.165, 1.54) is 0 Å².